The van der Waals surface area contributed by atoms with Gasteiger partial charge in [0, 0.05) is 41.7 Å². The van der Waals surface area contributed by atoms with Crippen LogP contribution < -0.4 is 30.7 Å². The van der Waals surface area contributed by atoms with E-state index in [-0.39, 0.29) is 99.0 Å². The molecule has 8 aromatic rings. The molecule has 4 aliphatic heterocycles. The van der Waals surface area contributed by atoms with E-state index in [0.717, 1.165) is 32.9 Å². The molecular formula is C74H62F6N14O9S3. The van der Waals surface area contributed by atoms with Gasteiger partial charge in [0.1, 0.15) is 51.5 Å². The number of halogens is 6. The first kappa shape index (κ1) is 80.7. The third-order valence-electron chi connectivity index (χ3n) is 16.6. The molecular weight excluding hydrogens is 1440 g/mol. The average molecular weight is 1500 g/mol. The first-order chi connectivity index (χ1) is 49.8. The maximum Gasteiger partial charge on any atom is 0.330 e. The summed E-state index contributed by atoms with van der Waals surface area (Å²) in [6.07, 6.45) is 0. The maximum atomic E-state index is 15.3. The summed E-state index contributed by atoms with van der Waals surface area (Å²) in [7, 11) is 1.28. The lowest BCUT2D eigenvalue weighted by Gasteiger charge is -2.29. The topological polar surface area (TPSA) is 291 Å². The van der Waals surface area contributed by atoms with Gasteiger partial charge in [-0.3, -0.25) is 48.4 Å². The Bertz CT molecular complexity index is 5070. The highest BCUT2D eigenvalue weighted by molar-refractivity contribution is 7.81. The van der Waals surface area contributed by atoms with E-state index in [9.17, 15) is 55.5 Å². The Morgan fingerprint density at radius 1 is 0.547 bits per heavy atom. The Hall–Kier alpha value is -12.6. The van der Waals surface area contributed by atoms with Crippen molar-refractivity contribution < 1.29 is 71.5 Å². The van der Waals surface area contributed by atoms with Crippen molar-refractivity contribution in [2.24, 2.45) is 10.7 Å². The number of methoxy groups -OCH3 is 1. The fraction of sp³-hybridized carbons (Fsp3) is 0.176. The maximum absolute atomic E-state index is 15.3. The van der Waals surface area contributed by atoms with Crippen LogP contribution in [0.3, 0.4) is 0 Å². The van der Waals surface area contributed by atoms with Gasteiger partial charge >= 0.3 is 5.97 Å². The molecule has 12 rings (SSSR count). The Morgan fingerprint density at radius 3 is 1.22 bits per heavy atom. The van der Waals surface area contributed by atoms with Crippen molar-refractivity contribution in [3.05, 3.63) is 266 Å². The molecule has 4 heterocycles. The van der Waals surface area contributed by atoms with Gasteiger partial charge in [-0.2, -0.15) is 4.99 Å². The van der Waals surface area contributed by atoms with Crippen molar-refractivity contribution >= 4 is 145 Å². The number of anilines is 5. The molecule has 542 valence electrons. The number of hydrogen-bond donors (Lipinski definition) is 4. The second-order valence-electron chi connectivity index (χ2n) is 24.4. The number of aliphatic imine (C=N–C) groups is 1. The molecule has 0 aliphatic carbocycles. The minimum Gasteiger partial charge on any atom is -0.467 e. The van der Waals surface area contributed by atoms with Gasteiger partial charge in [-0.15, -0.1) is 0 Å². The Morgan fingerprint density at radius 2 is 0.887 bits per heavy atom. The third kappa shape index (κ3) is 16.1. The van der Waals surface area contributed by atoms with E-state index >= 15 is 4.39 Å². The van der Waals surface area contributed by atoms with E-state index in [4.69, 9.17) is 65.7 Å². The molecule has 2 fully saturated rings. The molecule has 32 heteroatoms. The fourth-order valence-corrected chi connectivity index (χ4v) is 12.4. The second-order valence-corrected chi connectivity index (χ2v) is 25.3. The number of fused-ring (bicyclic) bond motifs is 2. The predicted molar refractivity (Wildman–Crippen MR) is 395 cm³/mol. The van der Waals surface area contributed by atoms with E-state index in [1.807, 2.05) is 0 Å². The van der Waals surface area contributed by atoms with Crippen LogP contribution in [0.15, 0.2) is 163 Å². The van der Waals surface area contributed by atoms with Crippen LogP contribution in [0.25, 0.3) is 14.5 Å². The van der Waals surface area contributed by atoms with E-state index in [1.165, 1.54) is 88.5 Å². The van der Waals surface area contributed by atoms with Crippen LogP contribution in [0.4, 0.5) is 77.5 Å². The minimum atomic E-state index is -1.23. The molecule has 7 N–H and O–H groups in total. The minimum absolute atomic E-state index is 0. The summed E-state index contributed by atoms with van der Waals surface area (Å²) in [5, 5.41) is 5.12. The molecule has 0 saturated carbocycles. The highest BCUT2D eigenvalue weighted by Crippen LogP contribution is 2.41. The normalized spacial score (nSPS) is 14.3. The molecule has 0 aromatic heterocycles. The number of nitrogens with one attached hydrogen (secondary N) is 3. The first-order valence-electron chi connectivity index (χ1n) is 30.8. The van der Waals surface area contributed by atoms with Crippen molar-refractivity contribution in [3.8, 4) is 0 Å². The largest absolute Gasteiger partial charge is 0.467 e. The predicted octanol–water partition coefficient (Wildman–Crippen LogP) is 15.2. The molecule has 0 unspecified atom stereocenters. The third-order valence-corrected chi connectivity index (χ3v) is 17.4. The van der Waals surface area contributed by atoms with Crippen LogP contribution in [0, 0.1) is 65.7 Å². The quantitative estimate of drug-likeness (QED) is 0.0159. The Balaban J connectivity index is 0.000000231. The van der Waals surface area contributed by atoms with Gasteiger partial charge in [-0.1, -0.05) is 60.7 Å². The lowest BCUT2D eigenvalue weighted by molar-refractivity contribution is -0.144. The molecule has 23 nitrogen and oxygen atoms in total. The van der Waals surface area contributed by atoms with Crippen LogP contribution >= 0.6 is 36.7 Å². The summed E-state index contributed by atoms with van der Waals surface area (Å²) in [5.74, 6) is -7.09. The van der Waals surface area contributed by atoms with Gasteiger partial charge in [-0.25, -0.2) is 56.7 Å². The molecule has 6 amide bonds. The zero-order valence-corrected chi connectivity index (χ0v) is 59.4. The first-order valence-corrected chi connectivity index (χ1v) is 32.1. The average Bonchev–Trinajstić information content (AvgIpc) is 1.59. The molecule has 2 saturated heterocycles. The number of thiocarbonyl (C=S) groups is 3. The molecule has 0 atom stereocenters. The van der Waals surface area contributed by atoms with E-state index < -0.39 is 87.0 Å². The van der Waals surface area contributed by atoms with Crippen molar-refractivity contribution in [2.75, 3.05) is 32.0 Å². The number of ether oxygens (including phenoxy) is 1. The number of isothiocyanates is 1. The lowest BCUT2D eigenvalue weighted by atomic mass is 10.0. The number of imide groups is 2. The monoisotopic (exact) mass is 1500 g/mol. The Labute approximate surface area is 620 Å². The van der Waals surface area contributed by atoms with Crippen LogP contribution in [0.1, 0.15) is 101 Å². The van der Waals surface area contributed by atoms with Crippen molar-refractivity contribution in [2.45, 2.75) is 77.8 Å². The number of hydrogen-bond acceptors (Lipinski definition) is 16. The summed E-state index contributed by atoms with van der Waals surface area (Å²) in [6, 6.07) is 37.4. The van der Waals surface area contributed by atoms with E-state index in [0.29, 0.717) is 33.8 Å². The summed E-state index contributed by atoms with van der Waals surface area (Å²) in [4.78, 5) is 108. The second kappa shape index (κ2) is 33.2. The number of rotatable bonds is 13. The van der Waals surface area contributed by atoms with Crippen molar-refractivity contribution in [3.63, 3.8) is 0 Å². The van der Waals surface area contributed by atoms with Crippen LogP contribution in [0.5, 0.6) is 0 Å². The molecule has 0 spiro atoms. The van der Waals surface area contributed by atoms with Crippen molar-refractivity contribution in [1.29, 1.82) is 11.1 Å². The van der Waals surface area contributed by atoms with E-state index in [2.05, 4.69) is 42.2 Å². The van der Waals surface area contributed by atoms with Crippen LogP contribution in [0.2, 0.25) is 0 Å². The molecule has 106 heavy (non-hydrogen) atoms. The summed E-state index contributed by atoms with van der Waals surface area (Å²) >= 11 is 15.3. The van der Waals surface area contributed by atoms with Gasteiger partial charge in [0.2, 0.25) is 17.1 Å². The van der Waals surface area contributed by atoms with Crippen LogP contribution in [-0.4, -0.2) is 95.8 Å². The lowest BCUT2D eigenvalue weighted by Crippen LogP contribution is -2.44. The number of carbonyl (C=O) groups is 7. The molecule has 4 aliphatic rings. The number of amides is 6. The van der Waals surface area contributed by atoms with Gasteiger partial charge in [-0.05, 0) is 175 Å². The van der Waals surface area contributed by atoms with Crippen molar-refractivity contribution in [1.82, 2.24) is 9.80 Å². The number of esters is 1. The molecule has 8 aromatic carbocycles. The van der Waals surface area contributed by atoms with Gasteiger partial charge in [0.25, 0.3) is 35.4 Å². The van der Waals surface area contributed by atoms with Crippen LogP contribution in [-0.2, 0) is 38.8 Å². The summed E-state index contributed by atoms with van der Waals surface area (Å²) in [5.41, 5.74) is 15.4. The fourth-order valence-electron chi connectivity index (χ4n) is 11.2. The summed E-state index contributed by atoms with van der Waals surface area (Å²) < 4.78 is 89.9. The number of carbonyl (C=O) groups excluding carboxylic acids is 7. The van der Waals surface area contributed by atoms with E-state index in [1.54, 1.807) is 114 Å². The molecule has 0 radical (unpaired) electrons. The zero-order chi connectivity index (χ0) is 77.3. The standard InChI is InChI=1S/C27H18F2N4O3S.C20H19FN2O4.C19H16F2N4OS.C8H3FN2S.H2N2.H2O.H2/c1-27(2)25(36)32(16-10-11-22(30-3)21(29)12-16)26(37)33(27)17-9-8-15(20(28)13-17)14-31-23(34)18-6-4-5-7-19(18)24(31)35;1-20(2,19(26)27-3)22-13-9-8-12(16(21)10-13)11-23-17(24)14-6-4-5-7-15(14)18(23)25;1-19(2)17(26)24(12-6-7-16(23-3)15(21)8-12)18(27)25(19)13-5-4-11(10-22)14(20)9-13;1-10-8-3-2-6(11-5-12)4-7(8)9;1-2;;/h4-13H,14H2,1-2H3;4-10,22H,11H2,1-3H3;4-9H,10,22H2,1-2H3;2-4H;1-2H;1H2;1H. The van der Waals surface area contributed by atoms with Gasteiger partial charge in [0.15, 0.2) is 10.2 Å². The summed E-state index contributed by atoms with van der Waals surface area (Å²) in [6.45, 7) is 29.9. The number of nitrogens with zero attached hydrogens (tertiary/aromatic N) is 10. The smallest absolute Gasteiger partial charge is 0.330 e. The van der Waals surface area contributed by atoms with Gasteiger partial charge in [0.05, 0.1) is 84.4 Å². The van der Waals surface area contributed by atoms with Gasteiger partial charge < -0.3 is 31.1 Å². The Kier molecular flexibility index (Phi) is 25.3. The highest BCUT2D eigenvalue weighted by Gasteiger charge is 2.52. The SMILES string of the molecule is COC(=O)C(C)(C)Nc1ccc(CN2C(=O)c3ccccc3C2=O)c(F)c1.N=N.O.[C-]#[N+]c1ccc(N2C(=O)C(C)(C)N(c3ccc(CN)c(F)c3)C2=S)cc1F.[C-]#[N+]c1ccc(N2C(=O)C(C)(C)N(c3ccc(CN4C(=O)c5ccccc5C4=O)c(F)c3)C2=S)cc1F.[C-]#[N+]c1ccc(N=C=S)cc1F.[HH]. The number of benzene rings is 8. The number of nitrogens with two attached hydrogens (primary N) is 1. The zero-order valence-electron chi connectivity index (χ0n) is 56.9. The molecule has 0 bridgehead atoms. The highest BCUT2D eigenvalue weighted by atomic mass is 32.1.